The van der Waals surface area contributed by atoms with E-state index in [1.165, 1.54) is 24.8 Å². The molecule has 1 saturated heterocycles. The Morgan fingerprint density at radius 1 is 0.969 bits per heavy atom. The van der Waals surface area contributed by atoms with Gasteiger partial charge in [0.15, 0.2) is 5.11 Å². The summed E-state index contributed by atoms with van der Waals surface area (Å²) >= 11 is 5.26. The maximum atomic E-state index is 12.5. The van der Waals surface area contributed by atoms with E-state index in [0.717, 1.165) is 11.4 Å². The molecule has 11 heteroatoms. The van der Waals surface area contributed by atoms with Crippen LogP contribution in [0.3, 0.4) is 0 Å². The van der Waals surface area contributed by atoms with E-state index in [0.29, 0.717) is 43.2 Å². The molecule has 0 bridgehead atoms. The van der Waals surface area contributed by atoms with Crippen LogP contribution in [0, 0.1) is 0 Å². The first-order valence-corrected chi connectivity index (χ1v) is 12.1. The average Bonchev–Trinajstić information content (AvgIpc) is 2.78. The van der Waals surface area contributed by atoms with E-state index < -0.39 is 10.0 Å². The molecule has 1 aliphatic heterocycles. The molecule has 1 amide bonds. The zero-order chi connectivity index (χ0) is 23.3. The number of piperazine rings is 1. The van der Waals surface area contributed by atoms with Crippen molar-refractivity contribution in [2.75, 3.05) is 56.9 Å². The molecule has 1 fully saturated rings. The number of carbonyl (C=O) groups excluding carboxylic acids is 1. The molecule has 9 nitrogen and oxygen atoms in total. The van der Waals surface area contributed by atoms with Gasteiger partial charge in [0.05, 0.1) is 20.5 Å². The second-order valence-electron chi connectivity index (χ2n) is 7.21. The van der Waals surface area contributed by atoms with Gasteiger partial charge in [0.25, 0.3) is 5.91 Å². The number of nitrogens with zero attached hydrogens (tertiary/aromatic N) is 2. The minimum atomic E-state index is -3.16. The zero-order valence-corrected chi connectivity index (χ0v) is 19.8. The lowest BCUT2D eigenvalue weighted by molar-refractivity contribution is 0.0977. The first-order valence-electron chi connectivity index (χ1n) is 9.85. The SMILES string of the molecule is COc1cc(OC)cc(C(=O)NC(=S)Nc2ccc(N3CCN(S(C)(=O)=O)CC3)cc2)c1. The molecular weight excluding hydrogens is 452 g/mol. The molecule has 0 radical (unpaired) electrons. The molecule has 0 spiro atoms. The van der Waals surface area contributed by atoms with Crippen LogP contribution in [0.4, 0.5) is 11.4 Å². The molecule has 0 aromatic heterocycles. The third kappa shape index (κ3) is 6.09. The second kappa shape index (κ2) is 10.2. The zero-order valence-electron chi connectivity index (χ0n) is 18.1. The van der Waals surface area contributed by atoms with Crippen molar-refractivity contribution in [3.63, 3.8) is 0 Å². The highest BCUT2D eigenvalue weighted by molar-refractivity contribution is 7.88. The van der Waals surface area contributed by atoms with Crippen LogP contribution in [-0.4, -0.2) is 70.4 Å². The van der Waals surface area contributed by atoms with Crippen LogP contribution in [0.15, 0.2) is 42.5 Å². The third-order valence-electron chi connectivity index (χ3n) is 5.04. The minimum absolute atomic E-state index is 0.159. The Labute approximate surface area is 193 Å². The maximum absolute atomic E-state index is 12.5. The van der Waals surface area contributed by atoms with Crippen LogP contribution in [0.1, 0.15) is 10.4 Å². The van der Waals surface area contributed by atoms with Crippen molar-refractivity contribution in [1.29, 1.82) is 0 Å². The highest BCUT2D eigenvalue weighted by Crippen LogP contribution is 2.23. The van der Waals surface area contributed by atoms with Gasteiger partial charge in [0, 0.05) is 49.2 Å². The van der Waals surface area contributed by atoms with Crippen LogP contribution in [0.5, 0.6) is 11.5 Å². The van der Waals surface area contributed by atoms with Gasteiger partial charge in [-0.05, 0) is 48.6 Å². The van der Waals surface area contributed by atoms with Crippen molar-refractivity contribution < 1.29 is 22.7 Å². The summed E-state index contributed by atoms with van der Waals surface area (Å²) in [7, 11) is -0.132. The predicted octanol–water partition coefficient (Wildman–Crippen LogP) is 1.91. The predicted molar refractivity (Wildman–Crippen MR) is 128 cm³/mol. The summed E-state index contributed by atoms with van der Waals surface area (Å²) in [6, 6.07) is 12.4. The van der Waals surface area contributed by atoms with Crippen molar-refractivity contribution in [1.82, 2.24) is 9.62 Å². The summed E-state index contributed by atoms with van der Waals surface area (Å²) in [5, 5.41) is 5.79. The van der Waals surface area contributed by atoms with Crippen LogP contribution in [-0.2, 0) is 10.0 Å². The molecule has 0 aliphatic carbocycles. The molecular formula is C21H26N4O5S2. The van der Waals surface area contributed by atoms with Crippen molar-refractivity contribution in [3.8, 4) is 11.5 Å². The second-order valence-corrected chi connectivity index (χ2v) is 9.60. The van der Waals surface area contributed by atoms with Crippen LogP contribution in [0.2, 0.25) is 0 Å². The van der Waals surface area contributed by atoms with Gasteiger partial charge in [-0.25, -0.2) is 8.42 Å². The summed E-state index contributed by atoms with van der Waals surface area (Å²) in [4.78, 5) is 14.7. The molecule has 0 atom stereocenters. The van der Waals surface area contributed by atoms with E-state index in [1.54, 1.807) is 18.2 Å². The number of thiocarbonyl (C=S) groups is 1. The van der Waals surface area contributed by atoms with Gasteiger partial charge in [0.1, 0.15) is 11.5 Å². The van der Waals surface area contributed by atoms with E-state index in [4.69, 9.17) is 21.7 Å². The smallest absolute Gasteiger partial charge is 0.257 e. The number of hydrogen-bond donors (Lipinski definition) is 2. The lowest BCUT2D eigenvalue weighted by Gasteiger charge is -2.34. The number of ether oxygens (including phenoxy) is 2. The Balaban J connectivity index is 1.57. The number of benzene rings is 2. The highest BCUT2D eigenvalue weighted by atomic mass is 32.2. The number of sulfonamides is 1. The van der Waals surface area contributed by atoms with Crippen LogP contribution in [0.25, 0.3) is 0 Å². The molecule has 0 saturated carbocycles. The van der Waals surface area contributed by atoms with Gasteiger partial charge in [-0.3, -0.25) is 10.1 Å². The fourth-order valence-corrected chi connectivity index (χ4v) is 4.35. The molecule has 2 aromatic carbocycles. The Kier molecular flexibility index (Phi) is 7.54. The Morgan fingerprint density at radius 2 is 1.53 bits per heavy atom. The summed E-state index contributed by atoms with van der Waals surface area (Å²) in [5.41, 5.74) is 2.06. The number of anilines is 2. The number of methoxy groups -OCH3 is 2. The number of nitrogens with one attached hydrogen (secondary N) is 2. The molecule has 32 heavy (non-hydrogen) atoms. The minimum Gasteiger partial charge on any atom is -0.497 e. The standard InChI is InChI=1S/C21H26N4O5S2/c1-29-18-12-15(13-19(14-18)30-2)20(26)23-21(31)22-16-4-6-17(7-5-16)24-8-10-25(11-9-24)32(3,27)28/h4-7,12-14H,8-11H2,1-3H3,(H2,22,23,26,31). The van der Waals surface area contributed by atoms with E-state index in [2.05, 4.69) is 15.5 Å². The number of hydrogen-bond acceptors (Lipinski definition) is 7. The number of carbonyl (C=O) groups is 1. The Morgan fingerprint density at radius 3 is 2.03 bits per heavy atom. The molecule has 0 unspecified atom stereocenters. The van der Waals surface area contributed by atoms with E-state index in [-0.39, 0.29) is 11.0 Å². The van der Waals surface area contributed by atoms with Gasteiger partial charge in [0.2, 0.25) is 10.0 Å². The van der Waals surface area contributed by atoms with Crippen LogP contribution >= 0.6 is 12.2 Å². The summed E-state index contributed by atoms with van der Waals surface area (Å²) in [5.74, 6) is 0.614. The summed E-state index contributed by atoms with van der Waals surface area (Å²) < 4.78 is 35.2. The van der Waals surface area contributed by atoms with Crippen LogP contribution < -0.4 is 25.0 Å². The number of amides is 1. The van der Waals surface area contributed by atoms with Crippen molar-refractivity contribution in [2.45, 2.75) is 0 Å². The molecule has 3 rings (SSSR count). The normalized spacial score (nSPS) is 14.5. The lowest BCUT2D eigenvalue weighted by atomic mass is 10.2. The fraction of sp³-hybridized carbons (Fsp3) is 0.333. The maximum Gasteiger partial charge on any atom is 0.257 e. The van der Waals surface area contributed by atoms with E-state index in [9.17, 15) is 13.2 Å². The topological polar surface area (TPSA) is 100 Å². The lowest BCUT2D eigenvalue weighted by Crippen LogP contribution is -2.48. The Bertz CT molecular complexity index is 1060. The third-order valence-corrected chi connectivity index (χ3v) is 6.55. The molecule has 2 N–H and O–H groups in total. The van der Waals surface area contributed by atoms with Gasteiger partial charge in [-0.1, -0.05) is 0 Å². The van der Waals surface area contributed by atoms with Crippen molar-refractivity contribution in [3.05, 3.63) is 48.0 Å². The first-order chi connectivity index (χ1) is 15.2. The quantitative estimate of drug-likeness (QED) is 0.608. The van der Waals surface area contributed by atoms with Crippen molar-refractivity contribution in [2.24, 2.45) is 0 Å². The summed E-state index contributed by atoms with van der Waals surface area (Å²) in [6.07, 6.45) is 1.23. The monoisotopic (exact) mass is 478 g/mol. The molecule has 2 aromatic rings. The van der Waals surface area contributed by atoms with Gasteiger partial charge in [-0.2, -0.15) is 4.31 Å². The average molecular weight is 479 g/mol. The van der Waals surface area contributed by atoms with Crippen molar-refractivity contribution >= 4 is 44.6 Å². The highest BCUT2D eigenvalue weighted by Gasteiger charge is 2.23. The van der Waals surface area contributed by atoms with E-state index >= 15 is 0 Å². The van der Waals surface area contributed by atoms with Gasteiger partial charge < -0.3 is 19.7 Å². The fourth-order valence-electron chi connectivity index (χ4n) is 3.31. The molecule has 1 aliphatic rings. The van der Waals surface area contributed by atoms with Gasteiger partial charge in [-0.15, -0.1) is 0 Å². The Hall–Kier alpha value is -2.89. The number of rotatable bonds is 6. The first kappa shape index (κ1) is 23.8. The largest absolute Gasteiger partial charge is 0.497 e. The summed E-state index contributed by atoms with van der Waals surface area (Å²) in [6.45, 7) is 2.17. The van der Waals surface area contributed by atoms with Gasteiger partial charge >= 0.3 is 0 Å². The molecule has 1 heterocycles. The van der Waals surface area contributed by atoms with E-state index in [1.807, 2.05) is 24.3 Å². The molecule has 172 valence electrons.